The van der Waals surface area contributed by atoms with E-state index in [0.29, 0.717) is 23.4 Å². The lowest BCUT2D eigenvalue weighted by Gasteiger charge is -2.47. The van der Waals surface area contributed by atoms with Gasteiger partial charge in [0, 0.05) is 23.5 Å². The first-order valence-corrected chi connectivity index (χ1v) is 15.4. The summed E-state index contributed by atoms with van der Waals surface area (Å²) < 4.78 is 25.4. The number of methoxy groups -OCH3 is 1. The van der Waals surface area contributed by atoms with E-state index in [2.05, 4.69) is 23.9 Å². The number of carbonyl (C=O) groups excluding carboxylic acids is 1. The van der Waals surface area contributed by atoms with E-state index in [-0.39, 0.29) is 23.8 Å². The minimum Gasteiger partial charge on any atom is -0.438 e. The lowest BCUT2D eigenvalue weighted by Crippen LogP contribution is -2.57. The van der Waals surface area contributed by atoms with E-state index >= 15 is 0 Å². The molecule has 0 bridgehead atoms. The first-order chi connectivity index (χ1) is 19.8. The van der Waals surface area contributed by atoms with Crippen LogP contribution in [0.2, 0.25) is 5.02 Å². The first kappa shape index (κ1) is 29.8. The second-order valence-electron chi connectivity index (χ2n) is 12.3. The summed E-state index contributed by atoms with van der Waals surface area (Å²) in [6.07, 6.45) is 11.6. The lowest BCUT2D eigenvalue weighted by atomic mass is 9.71. The van der Waals surface area contributed by atoms with E-state index in [1.807, 2.05) is 36.7 Å². The van der Waals surface area contributed by atoms with E-state index in [0.717, 1.165) is 49.7 Å². The molecule has 2 aromatic rings. The molecule has 0 saturated heterocycles. The van der Waals surface area contributed by atoms with Crippen molar-refractivity contribution in [2.75, 3.05) is 21.2 Å². The summed E-state index contributed by atoms with van der Waals surface area (Å²) in [4.78, 5) is 22.4. The van der Waals surface area contributed by atoms with Crippen LogP contribution in [0.25, 0.3) is 0 Å². The van der Waals surface area contributed by atoms with Crippen LogP contribution < -0.4 is 0 Å². The number of hydrogen-bond acceptors (Lipinski definition) is 6. The minimum absolute atomic E-state index is 0.0895. The Bertz CT molecular complexity index is 1190. The van der Waals surface area contributed by atoms with Gasteiger partial charge in [-0.1, -0.05) is 55.1 Å². The molecule has 0 N–H and O–H groups in total. The minimum atomic E-state index is -1.08. The fourth-order valence-corrected chi connectivity index (χ4v) is 7.80. The van der Waals surface area contributed by atoms with E-state index in [1.54, 1.807) is 12.1 Å². The molecule has 3 atom stereocenters. The highest BCUT2D eigenvalue weighted by atomic mass is 35.5. The van der Waals surface area contributed by atoms with Crippen molar-refractivity contribution in [2.24, 2.45) is 16.8 Å². The molecule has 222 valence electrons. The van der Waals surface area contributed by atoms with E-state index in [4.69, 9.17) is 26.1 Å². The molecule has 3 aliphatic rings. The molecule has 2 fully saturated rings. The highest BCUT2D eigenvalue weighted by Crippen LogP contribution is 2.47. The zero-order valence-electron chi connectivity index (χ0n) is 24.5. The molecule has 8 heteroatoms. The molecule has 3 unspecified atom stereocenters. The SMILES string of the molecule is COC(=O)OC1(Cc2ccc(Cl)cc2)N=CN(C2CCCCC2)C1C1CCC(C(c2cccc(F)c2)N(C)C)CC1. The summed E-state index contributed by atoms with van der Waals surface area (Å²) in [7, 11) is 5.52. The van der Waals surface area contributed by atoms with E-state index in [1.165, 1.54) is 32.4 Å². The molecular formula is C33H43ClFN3O3. The van der Waals surface area contributed by atoms with Crippen LogP contribution in [0, 0.1) is 17.7 Å². The summed E-state index contributed by atoms with van der Waals surface area (Å²) in [5.41, 5.74) is 0.954. The summed E-state index contributed by atoms with van der Waals surface area (Å²) in [5, 5.41) is 0.666. The quantitative estimate of drug-likeness (QED) is 0.299. The third kappa shape index (κ3) is 6.72. The van der Waals surface area contributed by atoms with Gasteiger partial charge in [0.25, 0.3) is 0 Å². The highest BCUT2D eigenvalue weighted by molar-refractivity contribution is 6.30. The van der Waals surface area contributed by atoms with Crippen molar-refractivity contribution in [1.29, 1.82) is 0 Å². The second-order valence-corrected chi connectivity index (χ2v) is 12.7. The van der Waals surface area contributed by atoms with E-state index < -0.39 is 11.9 Å². The fourth-order valence-electron chi connectivity index (χ4n) is 7.67. The molecule has 41 heavy (non-hydrogen) atoms. The number of ether oxygens (including phenoxy) is 2. The van der Waals surface area contributed by atoms with Gasteiger partial charge in [-0.05, 0) is 99.8 Å². The van der Waals surface area contributed by atoms with E-state index in [9.17, 15) is 9.18 Å². The Morgan fingerprint density at radius 1 is 1.07 bits per heavy atom. The van der Waals surface area contributed by atoms with Crippen molar-refractivity contribution in [3.05, 3.63) is 70.5 Å². The summed E-state index contributed by atoms with van der Waals surface area (Å²) >= 11 is 6.19. The van der Waals surface area contributed by atoms with Crippen LogP contribution in [0.15, 0.2) is 53.5 Å². The van der Waals surface area contributed by atoms with Crippen LogP contribution in [0.5, 0.6) is 0 Å². The molecule has 5 rings (SSSR count). The zero-order chi connectivity index (χ0) is 29.0. The van der Waals surface area contributed by atoms with Crippen LogP contribution in [0.4, 0.5) is 9.18 Å². The Hall–Kier alpha value is -2.64. The Morgan fingerprint density at radius 2 is 1.78 bits per heavy atom. The molecule has 0 radical (unpaired) electrons. The van der Waals surface area contributed by atoms with Crippen molar-refractivity contribution in [3.8, 4) is 0 Å². The third-order valence-electron chi connectivity index (χ3n) is 9.44. The number of carbonyl (C=O) groups is 1. The molecule has 0 amide bonds. The molecule has 2 aliphatic carbocycles. The topological polar surface area (TPSA) is 54.4 Å². The normalized spacial score (nSPS) is 27.7. The Balaban J connectivity index is 1.44. The van der Waals surface area contributed by atoms with Gasteiger partial charge in [0.1, 0.15) is 5.82 Å². The van der Waals surface area contributed by atoms with Gasteiger partial charge < -0.3 is 19.3 Å². The van der Waals surface area contributed by atoms with Gasteiger partial charge in [-0.2, -0.15) is 0 Å². The Morgan fingerprint density at radius 3 is 2.41 bits per heavy atom. The fraction of sp³-hybridized carbons (Fsp3) is 0.576. The second kappa shape index (κ2) is 13.1. The Kier molecular flexibility index (Phi) is 9.55. The van der Waals surface area contributed by atoms with Gasteiger partial charge in [0.2, 0.25) is 5.72 Å². The molecule has 2 saturated carbocycles. The van der Waals surface area contributed by atoms with Crippen molar-refractivity contribution in [3.63, 3.8) is 0 Å². The average Bonchev–Trinajstić information content (AvgIpc) is 3.33. The molecule has 1 aliphatic heterocycles. The molecule has 6 nitrogen and oxygen atoms in total. The standard InChI is InChI=1S/C33H43ClFN3O3/c1-37(2)30(26-8-7-9-28(35)20-26)24-14-16-25(17-15-24)31-33(41-32(39)40-3,21-23-12-18-27(34)19-13-23)36-22-38(31)29-10-5-4-6-11-29/h7-9,12-13,18-20,22,24-25,29-31H,4-6,10-11,14-17,21H2,1-3H3. The lowest BCUT2D eigenvalue weighted by molar-refractivity contribution is -0.0784. The summed E-state index contributed by atoms with van der Waals surface area (Å²) in [5.74, 6) is 0.491. The van der Waals surface area contributed by atoms with Crippen molar-refractivity contribution >= 4 is 24.1 Å². The number of benzene rings is 2. The number of aliphatic imine (C=N–C) groups is 1. The Labute approximate surface area is 248 Å². The molecular weight excluding hydrogens is 541 g/mol. The van der Waals surface area contributed by atoms with Crippen LogP contribution in [-0.4, -0.2) is 61.3 Å². The highest BCUT2D eigenvalue weighted by Gasteiger charge is 2.54. The van der Waals surface area contributed by atoms with Crippen LogP contribution in [0.1, 0.15) is 75.0 Å². The van der Waals surface area contributed by atoms with Crippen LogP contribution >= 0.6 is 11.6 Å². The van der Waals surface area contributed by atoms with Crippen molar-refractivity contribution in [2.45, 2.75) is 88.1 Å². The van der Waals surface area contributed by atoms with Crippen molar-refractivity contribution < 1.29 is 18.7 Å². The van der Waals surface area contributed by atoms with Crippen molar-refractivity contribution in [1.82, 2.24) is 9.80 Å². The molecule has 0 aromatic heterocycles. The number of rotatable bonds is 8. The maximum Gasteiger partial charge on any atom is 0.510 e. The van der Waals surface area contributed by atoms with Gasteiger partial charge >= 0.3 is 6.16 Å². The largest absolute Gasteiger partial charge is 0.510 e. The van der Waals surface area contributed by atoms with Gasteiger partial charge in [-0.15, -0.1) is 0 Å². The summed E-state index contributed by atoms with van der Waals surface area (Å²) in [6.45, 7) is 0. The van der Waals surface area contributed by atoms with Gasteiger partial charge in [-0.3, -0.25) is 0 Å². The van der Waals surface area contributed by atoms with Gasteiger partial charge in [-0.25, -0.2) is 14.2 Å². The predicted octanol–water partition coefficient (Wildman–Crippen LogP) is 7.66. The third-order valence-corrected chi connectivity index (χ3v) is 9.69. The maximum atomic E-state index is 14.2. The smallest absolute Gasteiger partial charge is 0.438 e. The van der Waals surface area contributed by atoms with Crippen LogP contribution in [0.3, 0.4) is 0 Å². The number of nitrogens with zero attached hydrogens (tertiary/aromatic N) is 3. The van der Waals surface area contributed by atoms with Gasteiger partial charge in [0.15, 0.2) is 0 Å². The maximum absolute atomic E-state index is 14.2. The molecule has 1 heterocycles. The van der Waals surface area contributed by atoms with Gasteiger partial charge in [0.05, 0.1) is 19.5 Å². The average molecular weight is 584 g/mol. The molecule has 2 aromatic carbocycles. The van der Waals surface area contributed by atoms with Crippen LogP contribution in [-0.2, 0) is 15.9 Å². The number of halogens is 2. The molecule has 0 spiro atoms. The number of hydrogen-bond donors (Lipinski definition) is 0. The predicted molar refractivity (Wildman–Crippen MR) is 161 cm³/mol. The monoisotopic (exact) mass is 583 g/mol. The zero-order valence-corrected chi connectivity index (χ0v) is 25.2. The summed E-state index contributed by atoms with van der Waals surface area (Å²) in [6, 6.07) is 15.2. The first-order valence-electron chi connectivity index (χ1n) is 15.1.